The van der Waals surface area contributed by atoms with Gasteiger partial charge in [0.15, 0.2) is 5.16 Å². The molecule has 0 aliphatic carbocycles. The third-order valence-electron chi connectivity index (χ3n) is 4.15. The minimum Gasteiger partial charge on any atom is -0.423 e. The van der Waals surface area contributed by atoms with Gasteiger partial charge in [0, 0.05) is 16.7 Å². The predicted octanol–water partition coefficient (Wildman–Crippen LogP) is 4.58. The second kappa shape index (κ2) is 5.83. The summed E-state index contributed by atoms with van der Waals surface area (Å²) in [5.74, 6) is 0.519. The average Bonchev–Trinajstić information content (AvgIpc) is 2.95. The topological polar surface area (TPSA) is 58.9 Å². The number of benzene rings is 2. The number of nitrogens with zero attached hydrogens (tertiary/aromatic N) is 1. The Bertz CT molecular complexity index is 1070. The van der Waals surface area contributed by atoms with E-state index in [0.717, 1.165) is 21.6 Å². The fraction of sp³-hybridized carbons (Fsp3) is 0.158. The van der Waals surface area contributed by atoms with E-state index >= 15 is 0 Å². The number of aromatic amines is 1. The van der Waals surface area contributed by atoms with Crippen LogP contribution >= 0.6 is 11.8 Å². The van der Waals surface area contributed by atoms with Gasteiger partial charge >= 0.3 is 5.63 Å². The first-order valence-electron chi connectivity index (χ1n) is 7.72. The van der Waals surface area contributed by atoms with Crippen molar-refractivity contribution in [3.8, 4) is 0 Å². The highest BCUT2D eigenvalue weighted by Crippen LogP contribution is 2.25. The zero-order valence-corrected chi connectivity index (χ0v) is 14.2. The Morgan fingerprint density at radius 2 is 1.92 bits per heavy atom. The molecule has 0 bridgehead atoms. The number of aromatic nitrogens is 2. The molecule has 0 saturated carbocycles. The van der Waals surface area contributed by atoms with E-state index in [0.29, 0.717) is 16.9 Å². The highest BCUT2D eigenvalue weighted by Gasteiger charge is 2.09. The lowest BCUT2D eigenvalue weighted by Gasteiger charge is -2.00. The van der Waals surface area contributed by atoms with Crippen LogP contribution in [0.4, 0.5) is 0 Å². The van der Waals surface area contributed by atoms with Crippen molar-refractivity contribution in [3.63, 3.8) is 0 Å². The number of thioether (sulfide) groups is 1. The summed E-state index contributed by atoms with van der Waals surface area (Å²) in [6.45, 7) is 4.17. The monoisotopic (exact) mass is 336 g/mol. The van der Waals surface area contributed by atoms with E-state index in [-0.39, 0.29) is 5.63 Å². The van der Waals surface area contributed by atoms with Crippen molar-refractivity contribution in [2.24, 2.45) is 0 Å². The molecular formula is C19H16N2O2S. The molecule has 0 atom stereocenters. The lowest BCUT2D eigenvalue weighted by atomic mass is 10.1. The molecule has 4 aromatic rings. The lowest BCUT2D eigenvalue weighted by Crippen LogP contribution is -2.05. The van der Waals surface area contributed by atoms with Gasteiger partial charge in [0.25, 0.3) is 0 Å². The summed E-state index contributed by atoms with van der Waals surface area (Å²) in [7, 11) is 0. The highest BCUT2D eigenvalue weighted by molar-refractivity contribution is 7.98. The van der Waals surface area contributed by atoms with Gasteiger partial charge in [0.2, 0.25) is 0 Å². The average molecular weight is 336 g/mol. The van der Waals surface area contributed by atoms with Gasteiger partial charge in [0.05, 0.1) is 11.0 Å². The maximum absolute atomic E-state index is 12.1. The van der Waals surface area contributed by atoms with Crippen molar-refractivity contribution < 1.29 is 4.42 Å². The molecule has 0 fully saturated rings. The Morgan fingerprint density at radius 3 is 2.79 bits per heavy atom. The minimum atomic E-state index is -0.288. The van der Waals surface area contributed by atoms with E-state index in [4.69, 9.17) is 4.42 Å². The first kappa shape index (κ1) is 15.0. The molecule has 120 valence electrons. The second-order valence-corrected chi connectivity index (χ2v) is 6.85. The molecule has 1 N–H and O–H groups in total. The van der Waals surface area contributed by atoms with Gasteiger partial charge in [-0.2, -0.15) is 0 Å². The van der Waals surface area contributed by atoms with Crippen molar-refractivity contribution in [1.29, 1.82) is 0 Å². The van der Waals surface area contributed by atoms with E-state index in [2.05, 4.69) is 35.9 Å². The number of hydrogen-bond acceptors (Lipinski definition) is 4. The Morgan fingerprint density at radius 1 is 1.12 bits per heavy atom. The predicted molar refractivity (Wildman–Crippen MR) is 97.6 cm³/mol. The van der Waals surface area contributed by atoms with Gasteiger partial charge in [-0.05, 0) is 49.2 Å². The summed E-state index contributed by atoms with van der Waals surface area (Å²) in [6, 6.07) is 13.6. The van der Waals surface area contributed by atoms with E-state index < -0.39 is 0 Å². The van der Waals surface area contributed by atoms with Crippen LogP contribution in [0, 0.1) is 13.8 Å². The van der Waals surface area contributed by atoms with E-state index in [1.807, 2.05) is 24.3 Å². The third-order valence-corrected chi connectivity index (χ3v) is 5.08. The lowest BCUT2D eigenvalue weighted by molar-refractivity contribution is 0.554. The van der Waals surface area contributed by atoms with Gasteiger partial charge in [-0.25, -0.2) is 9.78 Å². The molecule has 0 unspecified atom stereocenters. The molecule has 0 radical (unpaired) electrons. The fourth-order valence-corrected chi connectivity index (χ4v) is 3.50. The number of fused-ring (bicyclic) bond motifs is 2. The molecule has 24 heavy (non-hydrogen) atoms. The Balaban J connectivity index is 1.63. The first-order valence-corrected chi connectivity index (χ1v) is 8.70. The molecule has 5 heteroatoms. The summed E-state index contributed by atoms with van der Waals surface area (Å²) in [4.78, 5) is 20.0. The molecule has 4 nitrogen and oxygen atoms in total. The van der Waals surface area contributed by atoms with Crippen LogP contribution in [0.2, 0.25) is 0 Å². The molecular weight excluding hydrogens is 320 g/mol. The number of rotatable bonds is 3. The highest BCUT2D eigenvalue weighted by atomic mass is 32.2. The molecule has 4 rings (SSSR count). The SMILES string of the molecule is Cc1cc2nc(SCc3cc4ccccc4oc3=O)[nH]c2cc1C. The number of nitrogens with one attached hydrogen (secondary N) is 1. The number of aryl methyl sites for hydroxylation is 2. The van der Waals surface area contributed by atoms with Crippen molar-refractivity contribution in [1.82, 2.24) is 9.97 Å². The maximum atomic E-state index is 12.1. The zero-order chi connectivity index (χ0) is 16.7. The van der Waals surface area contributed by atoms with Gasteiger partial charge < -0.3 is 9.40 Å². The molecule has 0 aliphatic heterocycles. The van der Waals surface area contributed by atoms with Crippen LogP contribution in [-0.2, 0) is 5.75 Å². The van der Waals surface area contributed by atoms with Gasteiger partial charge in [0.1, 0.15) is 5.58 Å². The fourth-order valence-electron chi connectivity index (χ4n) is 2.67. The zero-order valence-electron chi connectivity index (χ0n) is 13.4. The van der Waals surface area contributed by atoms with Crippen LogP contribution in [0.5, 0.6) is 0 Å². The van der Waals surface area contributed by atoms with Crippen LogP contribution < -0.4 is 5.63 Å². The van der Waals surface area contributed by atoms with Gasteiger partial charge in [-0.3, -0.25) is 0 Å². The second-order valence-electron chi connectivity index (χ2n) is 5.88. The van der Waals surface area contributed by atoms with Crippen LogP contribution in [0.25, 0.3) is 22.0 Å². The third kappa shape index (κ3) is 2.71. The molecule has 0 spiro atoms. The summed E-state index contributed by atoms with van der Waals surface area (Å²) < 4.78 is 5.37. The Hall–Kier alpha value is -2.53. The van der Waals surface area contributed by atoms with Crippen molar-refractivity contribution in [3.05, 3.63) is 69.6 Å². The van der Waals surface area contributed by atoms with E-state index in [9.17, 15) is 4.79 Å². The molecule has 0 amide bonds. The van der Waals surface area contributed by atoms with Crippen LogP contribution in [-0.4, -0.2) is 9.97 Å². The summed E-state index contributed by atoms with van der Waals surface area (Å²) in [6.07, 6.45) is 0. The quantitative estimate of drug-likeness (QED) is 0.439. The van der Waals surface area contributed by atoms with Gasteiger partial charge in [-0.1, -0.05) is 30.0 Å². The molecule has 2 heterocycles. The summed E-state index contributed by atoms with van der Waals surface area (Å²) >= 11 is 1.51. The van der Waals surface area contributed by atoms with Crippen molar-refractivity contribution in [2.45, 2.75) is 24.8 Å². The van der Waals surface area contributed by atoms with Crippen LogP contribution in [0.15, 0.2) is 56.8 Å². The van der Waals surface area contributed by atoms with E-state index in [1.165, 1.54) is 22.9 Å². The number of hydrogen-bond donors (Lipinski definition) is 1. The largest absolute Gasteiger partial charge is 0.423 e. The number of H-pyrrole nitrogens is 1. The first-order chi connectivity index (χ1) is 11.6. The van der Waals surface area contributed by atoms with Crippen LogP contribution in [0.1, 0.15) is 16.7 Å². The molecule has 0 saturated heterocycles. The smallest absolute Gasteiger partial charge is 0.340 e. The molecule has 0 aliphatic rings. The van der Waals surface area contributed by atoms with E-state index in [1.54, 1.807) is 6.07 Å². The standard InChI is InChI=1S/C19H16N2O2S/c1-11-7-15-16(8-12(11)2)21-19(20-15)24-10-14-9-13-5-3-4-6-17(13)23-18(14)22/h3-9H,10H2,1-2H3,(H,20,21). The summed E-state index contributed by atoms with van der Waals surface area (Å²) in [5.41, 5.74) is 5.40. The van der Waals surface area contributed by atoms with Gasteiger partial charge in [-0.15, -0.1) is 0 Å². The number of para-hydroxylation sites is 1. The molecule has 2 aromatic carbocycles. The Kier molecular flexibility index (Phi) is 3.65. The van der Waals surface area contributed by atoms with Crippen molar-refractivity contribution in [2.75, 3.05) is 0 Å². The number of imidazole rings is 1. The minimum absolute atomic E-state index is 0.288. The van der Waals surface area contributed by atoms with Crippen LogP contribution in [0.3, 0.4) is 0 Å². The normalized spacial score (nSPS) is 11.4. The van der Waals surface area contributed by atoms with Crippen molar-refractivity contribution >= 4 is 33.8 Å². The summed E-state index contributed by atoms with van der Waals surface area (Å²) in [5, 5.41) is 1.74. The molecule has 2 aromatic heterocycles. The Labute approximate surface area is 142 Å². The maximum Gasteiger partial charge on any atom is 0.340 e.